The van der Waals surface area contributed by atoms with E-state index in [1.54, 1.807) is 0 Å². The molecule has 3 heteroatoms. The van der Waals surface area contributed by atoms with Crippen molar-refractivity contribution in [1.29, 1.82) is 0 Å². The molecule has 0 saturated heterocycles. The lowest BCUT2D eigenvalue weighted by molar-refractivity contribution is 0.0983. The number of rotatable bonds is 1. The highest BCUT2D eigenvalue weighted by molar-refractivity contribution is 7.15. The molecule has 0 saturated carbocycles. The van der Waals surface area contributed by atoms with E-state index in [2.05, 4.69) is 14.5 Å². The van der Waals surface area contributed by atoms with Gasteiger partial charge in [0.25, 0.3) is 5.91 Å². The summed E-state index contributed by atoms with van der Waals surface area (Å²) >= 11 is 0. The van der Waals surface area contributed by atoms with Crippen LogP contribution in [0.5, 0.6) is 0 Å². The molecular weight excluding hydrogens is 181 g/mol. The Morgan fingerprint density at radius 3 is 2.08 bits per heavy atom. The second kappa shape index (κ2) is 3.89. The fourth-order valence-electron chi connectivity index (χ4n) is 1.61. The van der Waals surface area contributed by atoms with Gasteiger partial charge in [0.2, 0.25) is 0 Å². The fourth-order valence-corrected chi connectivity index (χ4v) is 1.75. The Hall–Kier alpha value is -0.880. The molecule has 0 aromatic heterocycles. The summed E-state index contributed by atoms with van der Waals surface area (Å²) in [5.41, 5.74) is 4.02. The third kappa shape index (κ3) is 2.07. The molecule has 0 radical (unpaired) electrons. The summed E-state index contributed by atoms with van der Waals surface area (Å²) in [6.07, 6.45) is 0. The Balaban J connectivity index is 3.28. The zero-order valence-corrected chi connectivity index (χ0v) is 9.29. The highest BCUT2D eigenvalue weighted by Gasteiger charge is 2.10. The molecule has 1 N–H and O–H groups in total. The van der Waals surface area contributed by atoms with Crippen LogP contribution in [0.4, 0.5) is 0 Å². The molecule has 0 fully saturated rings. The third-order valence-electron chi connectivity index (χ3n) is 2.04. The topological polar surface area (TPSA) is 29.1 Å². The molecule has 1 aromatic rings. The minimum atomic E-state index is -0.0417. The second-order valence-electron chi connectivity index (χ2n) is 3.25. The van der Waals surface area contributed by atoms with Crippen molar-refractivity contribution in [3.8, 4) is 0 Å². The number of carbonyl (C=O) groups is 1. The van der Waals surface area contributed by atoms with E-state index in [1.165, 1.54) is 5.56 Å². The molecule has 1 amide bonds. The Kier molecular flexibility index (Phi) is 3.05. The van der Waals surface area contributed by atoms with Gasteiger partial charge in [0.15, 0.2) is 0 Å². The molecule has 1 rings (SSSR count). The van der Waals surface area contributed by atoms with Crippen LogP contribution in [0, 0.1) is 20.8 Å². The molecular formula is C10H14NOP. The monoisotopic (exact) mass is 195 g/mol. The molecule has 1 unspecified atom stereocenters. The van der Waals surface area contributed by atoms with Gasteiger partial charge in [-0.05, 0) is 41.3 Å². The average Bonchev–Trinajstić information content (AvgIpc) is 2.02. The van der Waals surface area contributed by atoms with Gasteiger partial charge in [-0.3, -0.25) is 4.79 Å². The van der Waals surface area contributed by atoms with Crippen molar-refractivity contribution in [1.82, 2.24) is 5.09 Å². The van der Waals surface area contributed by atoms with Crippen LogP contribution in [-0.2, 0) is 0 Å². The summed E-state index contributed by atoms with van der Waals surface area (Å²) in [5.74, 6) is -0.0417. The number of aryl methyl sites for hydroxylation is 3. The molecule has 13 heavy (non-hydrogen) atoms. The fraction of sp³-hybridized carbons (Fsp3) is 0.300. The summed E-state index contributed by atoms with van der Waals surface area (Å²) in [6.45, 7) is 5.94. The first-order chi connectivity index (χ1) is 6.06. The van der Waals surface area contributed by atoms with E-state index < -0.39 is 0 Å². The Morgan fingerprint density at radius 2 is 1.69 bits per heavy atom. The SMILES string of the molecule is Cc1cc(C)c(C(=O)NP)c(C)c1. The lowest BCUT2D eigenvalue weighted by Crippen LogP contribution is -2.15. The van der Waals surface area contributed by atoms with Crippen LogP contribution in [0.3, 0.4) is 0 Å². The number of hydrogen-bond donors (Lipinski definition) is 1. The van der Waals surface area contributed by atoms with Crippen LogP contribution in [0.15, 0.2) is 12.1 Å². The smallest absolute Gasteiger partial charge is 0.254 e. The van der Waals surface area contributed by atoms with E-state index in [0.717, 1.165) is 16.7 Å². The highest BCUT2D eigenvalue weighted by Crippen LogP contribution is 2.16. The van der Waals surface area contributed by atoms with Gasteiger partial charge >= 0.3 is 0 Å². The third-order valence-corrected chi connectivity index (χ3v) is 2.30. The van der Waals surface area contributed by atoms with Crippen molar-refractivity contribution in [2.45, 2.75) is 20.8 Å². The zero-order chi connectivity index (χ0) is 10.0. The second-order valence-corrected chi connectivity index (χ2v) is 3.54. The molecule has 0 spiro atoms. The number of hydrogen-bond acceptors (Lipinski definition) is 1. The Morgan fingerprint density at radius 1 is 1.23 bits per heavy atom. The van der Waals surface area contributed by atoms with Crippen molar-refractivity contribution >= 4 is 15.3 Å². The number of benzene rings is 1. The predicted octanol–water partition coefficient (Wildman–Crippen LogP) is 2.13. The van der Waals surface area contributed by atoms with Gasteiger partial charge < -0.3 is 5.09 Å². The molecule has 0 aliphatic heterocycles. The maximum Gasteiger partial charge on any atom is 0.254 e. The molecule has 2 nitrogen and oxygen atoms in total. The van der Waals surface area contributed by atoms with Gasteiger partial charge in [-0.25, -0.2) is 0 Å². The van der Waals surface area contributed by atoms with E-state index in [-0.39, 0.29) is 5.91 Å². The molecule has 0 heterocycles. The minimum Gasteiger partial charge on any atom is -0.337 e. The standard InChI is InChI=1S/C10H14NOP/c1-6-4-7(2)9(8(3)5-6)10(12)11-13/h4-5H,13H2,1-3H3,(H,11,12). The van der Waals surface area contributed by atoms with Crippen molar-refractivity contribution in [3.63, 3.8) is 0 Å². The first-order valence-corrected chi connectivity index (χ1v) is 4.72. The van der Waals surface area contributed by atoms with Gasteiger partial charge in [0, 0.05) is 5.56 Å². The Labute approximate surface area is 81.0 Å². The maximum absolute atomic E-state index is 11.4. The molecule has 70 valence electrons. The van der Waals surface area contributed by atoms with E-state index in [9.17, 15) is 4.79 Å². The van der Waals surface area contributed by atoms with Crippen molar-refractivity contribution in [2.75, 3.05) is 0 Å². The zero-order valence-electron chi connectivity index (χ0n) is 8.14. The highest BCUT2D eigenvalue weighted by atomic mass is 31.0. The summed E-state index contributed by atoms with van der Waals surface area (Å²) < 4.78 is 0. The number of amides is 1. The molecule has 1 aromatic carbocycles. The maximum atomic E-state index is 11.4. The van der Waals surface area contributed by atoms with Gasteiger partial charge in [-0.15, -0.1) is 0 Å². The quantitative estimate of drug-likeness (QED) is 0.683. The molecule has 0 aliphatic carbocycles. The lowest BCUT2D eigenvalue weighted by Gasteiger charge is -2.09. The first-order valence-electron chi connectivity index (χ1n) is 4.15. The lowest BCUT2D eigenvalue weighted by atomic mass is 10.00. The number of nitrogens with one attached hydrogen (secondary N) is 1. The summed E-state index contributed by atoms with van der Waals surface area (Å²) in [7, 11) is 2.22. The van der Waals surface area contributed by atoms with Crippen LogP contribution < -0.4 is 5.09 Å². The van der Waals surface area contributed by atoms with E-state index in [1.807, 2.05) is 32.9 Å². The number of carbonyl (C=O) groups excluding carboxylic acids is 1. The van der Waals surface area contributed by atoms with Crippen molar-refractivity contribution in [2.24, 2.45) is 0 Å². The van der Waals surface area contributed by atoms with E-state index in [4.69, 9.17) is 0 Å². The van der Waals surface area contributed by atoms with E-state index in [0.29, 0.717) is 0 Å². The van der Waals surface area contributed by atoms with Gasteiger partial charge in [0.05, 0.1) is 0 Å². The summed E-state index contributed by atoms with van der Waals surface area (Å²) in [6, 6.07) is 4.03. The average molecular weight is 195 g/mol. The first kappa shape index (κ1) is 10.2. The molecule has 0 bridgehead atoms. The predicted molar refractivity (Wildman–Crippen MR) is 57.8 cm³/mol. The molecule has 1 atom stereocenters. The normalized spacial score (nSPS) is 9.85. The Bertz CT molecular complexity index is 324. The minimum absolute atomic E-state index is 0.0417. The van der Waals surface area contributed by atoms with Crippen molar-refractivity contribution < 1.29 is 4.79 Å². The van der Waals surface area contributed by atoms with Crippen LogP contribution >= 0.6 is 9.39 Å². The van der Waals surface area contributed by atoms with Gasteiger partial charge in [0.1, 0.15) is 0 Å². The van der Waals surface area contributed by atoms with Crippen LogP contribution in [0.25, 0.3) is 0 Å². The van der Waals surface area contributed by atoms with Gasteiger partial charge in [-0.2, -0.15) is 0 Å². The van der Waals surface area contributed by atoms with Crippen LogP contribution in [0.1, 0.15) is 27.0 Å². The van der Waals surface area contributed by atoms with Crippen LogP contribution in [0.2, 0.25) is 0 Å². The van der Waals surface area contributed by atoms with Gasteiger partial charge in [-0.1, -0.05) is 17.7 Å². The van der Waals surface area contributed by atoms with E-state index >= 15 is 0 Å². The van der Waals surface area contributed by atoms with Crippen LogP contribution in [-0.4, -0.2) is 5.91 Å². The summed E-state index contributed by atoms with van der Waals surface area (Å²) in [5, 5.41) is 2.56. The molecule has 0 aliphatic rings. The van der Waals surface area contributed by atoms with Crippen molar-refractivity contribution in [3.05, 3.63) is 34.4 Å². The largest absolute Gasteiger partial charge is 0.337 e. The summed E-state index contributed by atoms with van der Waals surface area (Å²) in [4.78, 5) is 11.4.